The van der Waals surface area contributed by atoms with Crippen LogP contribution < -0.4 is 17.0 Å². The first-order valence-corrected chi connectivity index (χ1v) is 15.4. The van der Waals surface area contributed by atoms with Crippen molar-refractivity contribution in [3.05, 3.63) is 29.3 Å². The minimum atomic E-state index is -4.12. The number of aromatic amines is 1. The Morgan fingerprint density at radius 3 is 2.71 bits per heavy atom. The molecule has 0 bridgehead atoms. The van der Waals surface area contributed by atoms with Gasteiger partial charge in [-0.25, -0.2) is 28.9 Å². The number of nitrogens with one attached hydrogen (secondary N) is 1. The van der Waals surface area contributed by atoms with E-state index in [2.05, 4.69) is 42.2 Å². The van der Waals surface area contributed by atoms with E-state index in [1.54, 1.807) is 4.57 Å². The Morgan fingerprint density at radius 1 is 1.12 bits per heavy atom. The number of hydrogen-bond donors (Lipinski definition) is 4. The SMILES string of the molecule is Nc1nc2c(ncn2[C@H]2CC[C@@H](CO[P@@](=O)(S)O[C@H]3[C@@H](F)[C@H](n4cnc5c(N)ncnc54)O[C@@H]3COP)O2)c(=O)[nH]1. The van der Waals surface area contributed by atoms with E-state index < -0.39 is 49.3 Å². The third kappa shape index (κ3) is 5.44. The quantitative estimate of drug-likeness (QED) is 0.151. The van der Waals surface area contributed by atoms with Crippen molar-refractivity contribution >= 4 is 62.6 Å². The molecule has 0 aromatic carbocycles. The molecule has 0 radical (unpaired) electrons. The molecular weight excluding hydrogens is 605 g/mol. The molecule has 17 nitrogen and oxygen atoms in total. The van der Waals surface area contributed by atoms with E-state index in [0.717, 1.165) is 0 Å². The zero-order valence-electron chi connectivity index (χ0n) is 21.0. The van der Waals surface area contributed by atoms with E-state index in [1.165, 1.54) is 23.5 Å². The molecule has 41 heavy (non-hydrogen) atoms. The van der Waals surface area contributed by atoms with Gasteiger partial charge in [0.15, 0.2) is 35.0 Å². The minimum absolute atomic E-state index is 0.0522. The van der Waals surface area contributed by atoms with Crippen molar-refractivity contribution in [3.63, 3.8) is 0 Å². The van der Waals surface area contributed by atoms with Crippen LogP contribution in [0.1, 0.15) is 25.3 Å². The fourth-order valence-electron chi connectivity index (χ4n) is 4.86. The zero-order valence-corrected chi connectivity index (χ0v) is 24.0. The van der Waals surface area contributed by atoms with Gasteiger partial charge in [0.25, 0.3) is 5.56 Å². The van der Waals surface area contributed by atoms with Crippen LogP contribution >= 0.6 is 28.5 Å². The van der Waals surface area contributed by atoms with Crippen molar-refractivity contribution in [2.45, 2.75) is 49.8 Å². The van der Waals surface area contributed by atoms with E-state index in [4.69, 9.17) is 34.5 Å². The molecule has 6 heterocycles. The molecule has 2 aliphatic heterocycles. The van der Waals surface area contributed by atoms with Gasteiger partial charge >= 0.3 is 6.80 Å². The van der Waals surface area contributed by atoms with Gasteiger partial charge in [0.2, 0.25) is 5.95 Å². The van der Waals surface area contributed by atoms with Gasteiger partial charge in [0.05, 0.1) is 32.0 Å². The predicted molar refractivity (Wildman–Crippen MR) is 147 cm³/mol. The third-order valence-corrected chi connectivity index (χ3v) is 8.52. The number of ether oxygens (including phenoxy) is 2. The highest BCUT2D eigenvalue weighted by Gasteiger charge is 2.50. The lowest BCUT2D eigenvalue weighted by Crippen LogP contribution is -2.33. The second-order valence-electron chi connectivity index (χ2n) is 9.33. The van der Waals surface area contributed by atoms with Crippen molar-refractivity contribution in [3.8, 4) is 0 Å². The van der Waals surface area contributed by atoms with E-state index in [9.17, 15) is 9.36 Å². The van der Waals surface area contributed by atoms with Gasteiger partial charge in [-0.2, -0.15) is 4.98 Å². The first-order valence-electron chi connectivity index (χ1n) is 12.2. The molecule has 1 unspecified atom stereocenters. The number of alkyl halides is 1. The predicted octanol–water partition coefficient (Wildman–Crippen LogP) is 1.28. The van der Waals surface area contributed by atoms with Crippen LogP contribution in [0, 0.1) is 0 Å². The van der Waals surface area contributed by atoms with Gasteiger partial charge in [-0.15, -0.1) is 0 Å². The summed E-state index contributed by atoms with van der Waals surface area (Å²) in [4.78, 5) is 34.8. The van der Waals surface area contributed by atoms with Gasteiger partial charge in [-0.1, -0.05) is 12.2 Å². The summed E-state index contributed by atoms with van der Waals surface area (Å²) in [6, 6.07) is 0. The molecule has 21 heteroatoms. The number of fused-ring (bicyclic) bond motifs is 2. The van der Waals surface area contributed by atoms with Crippen LogP contribution in [0.25, 0.3) is 22.3 Å². The summed E-state index contributed by atoms with van der Waals surface area (Å²) < 4.78 is 59.9. The molecule has 220 valence electrons. The number of aromatic nitrogens is 8. The molecule has 0 saturated carbocycles. The fourth-order valence-corrected chi connectivity index (χ4v) is 6.55. The van der Waals surface area contributed by atoms with Gasteiger partial charge in [0.1, 0.15) is 30.3 Å². The number of nitrogens with zero attached hydrogens (tertiary/aromatic N) is 7. The first-order chi connectivity index (χ1) is 19.6. The maximum atomic E-state index is 15.8. The van der Waals surface area contributed by atoms with Crippen LogP contribution in [-0.4, -0.2) is 76.7 Å². The summed E-state index contributed by atoms with van der Waals surface area (Å²) in [5.74, 6) is 0.0725. The molecule has 2 aliphatic rings. The van der Waals surface area contributed by atoms with Gasteiger partial charge in [-0.05, 0) is 12.8 Å². The summed E-state index contributed by atoms with van der Waals surface area (Å²) >= 11 is 4.07. The van der Waals surface area contributed by atoms with E-state index in [-0.39, 0.29) is 47.3 Å². The van der Waals surface area contributed by atoms with Crippen molar-refractivity contribution in [2.75, 3.05) is 24.7 Å². The Morgan fingerprint density at radius 2 is 1.90 bits per heavy atom. The highest BCUT2D eigenvalue weighted by molar-refractivity contribution is 8.44. The normalized spacial score (nSPS) is 28.1. The molecule has 8 atom stereocenters. The number of anilines is 2. The monoisotopic (exact) mass is 630 g/mol. The highest BCUT2D eigenvalue weighted by Crippen LogP contribution is 2.57. The number of hydrogen-bond acceptors (Lipinski definition) is 14. The van der Waals surface area contributed by atoms with E-state index >= 15 is 4.39 Å². The number of rotatable bonds is 9. The largest absolute Gasteiger partial charge is 0.386 e. The molecule has 2 saturated heterocycles. The van der Waals surface area contributed by atoms with Crippen LogP contribution in [-0.2, 0) is 27.6 Å². The summed E-state index contributed by atoms with van der Waals surface area (Å²) in [5, 5.41) is 0. The number of imidazole rings is 2. The summed E-state index contributed by atoms with van der Waals surface area (Å²) in [7, 11) is 2.05. The smallest absolute Gasteiger partial charge is 0.382 e. The molecule has 6 rings (SSSR count). The molecule has 4 aromatic rings. The average Bonchev–Trinajstić information content (AvgIpc) is 3.71. The third-order valence-electron chi connectivity index (χ3n) is 6.71. The number of nitrogens with two attached hydrogens (primary N) is 2. The van der Waals surface area contributed by atoms with E-state index in [0.29, 0.717) is 12.8 Å². The van der Waals surface area contributed by atoms with Crippen molar-refractivity contribution in [1.82, 2.24) is 39.0 Å². The second-order valence-corrected chi connectivity index (χ2v) is 12.5. The Kier molecular flexibility index (Phi) is 7.71. The number of H-pyrrole nitrogens is 1. The van der Waals surface area contributed by atoms with Crippen LogP contribution in [0.5, 0.6) is 0 Å². The molecule has 0 amide bonds. The lowest BCUT2D eigenvalue weighted by atomic mass is 10.1. The average molecular weight is 630 g/mol. The number of thiol groups is 1. The molecule has 2 fully saturated rings. The fraction of sp³-hybridized carbons (Fsp3) is 0.500. The molecule has 4 aromatic heterocycles. The minimum Gasteiger partial charge on any atom is -0.382 e. The summed E-state index contributed by atoms with van der Waals surface area (Å²) in [5.41, 5.74) is 12.0. The van der Waals surface area contributed by atoms with Crippen molar-refractivity contribution in [2.24, 2.45) is 0 Å². The van der Waals surface area contributed by atoms with Crippen LogP contribution in [0.15, 0.2) is 23.8 Å². The van der Waals surface area contributed by atoms with Crippen LogP contribution in [0.4, 0.5) is 16.2 Å². The number of nitrogen functional groups attached to an aromatic ring is 2. The lowest BCUT2D eigenvalue weighted by molar-refractivity contribution is -0.0388. The Labute approximate surface area is 237 Å². The standard InChI is InChI=1S/C20H25FN10O7P2S/c21-11-14(9(4-34-39)37-19(11)31-7-26-12-15(22)24-5-25-16(12)31)38-40(33,41)35-3-8-1-2-10(36-8)30-6-27-13-17(30)28-20(23)29-18(13)32/h5-11,14,19H,1-4,39H2,(H,33,41)(H2,22,24,25)(H3,23,28,29,32)/t8-,9+,10+,11+,14+,19+,40+/m0/s1. The first kappa shape index (κ1) is 28.4. The van der Waals surface area contributed by atoms with Crippen molar-refractivity contribution < 1.29 is 32.0 Å². The maximum Gasteiger partial charge on any atom is 0.386 e. The zero-order chi connectivity index (χ0) is 28.9. The summed E-state index contributed by atoms with van der Waals surface area (Å²) in [6.07, 6.45) is -1.43. The lowest BCUT2D eigenvalue weighted by Gasteiger charge is -2.23. The Bertz CT molecular complexity index is 1690. The highest BCUT2D eigenvalue weighted by atomic mass is 32.7. The Hall–Kier alpha value is -2.76. The Balaban J connectivity index is 1.11. The summed E-state index contributed by atoms with van der Waals surface area (Å²) in [6.45, 7) is -4.38. The molecule has 0 aliphatic carbocycles. The van der Waals surface area contributed by atoms with Gasteiger partial charge < -0.3 is 25.5 Å². The van der Waals surface area contributed by atoms with Gasteiger partial charge in [-0.3, -0.25) is 28.0 Å². The van der Waals surface area contributed by atoms with Crippen LogP contribution in [0.3, 0.4) is 0 Å². The maximum absolute atomic E-state index is 15.8. The number of halogens is 1. The van der Waals surface area contributed by atoms with Crippen molar-refractivity contribution in [1.29, 1.82) is 0 Å². The topological polar surface area (TPSA) is 222 Å². The van der Waals surface area contributed by atoms with Crippen LogP contribution in [0.2, 0.25) is 0 Å². The molecular formula is C20H25FN10O7P2S. The molecule has 5 N–H and O–H groups in total. The second kappa shape index (κ2) is 11.1. The van der Waals surface area contributed by atoms with Gasteiger partial charge in [0, 0.05) is 9.47 Å². The van der Waals surface area contributed by atoms with E-state index in [1.807, 2.05) is 9.47 Å². The molecule has 0 spiro atoms.